The fourth-order valence-corrected chi connectivity index (χ4v) is 3.17. The van der Waals surface area contributed by atoms with E-state index < -0.39 is 5.97 Å². The number of hydrogen-bond acceptors (Lipinski definition) is 4. The summed E-state index contributed by atoms with van der Waals surface area (Å²) in [5, 5.41) is 9.24. The highest BCUT2D eigenvalue weighted by molar-refractivity contribution is 6.00. The highest BCUT2D eigenvalue weighted by Gasteiger charge is 2.30. The quantitative estimate of drug-likeness (QED) is 0.892. The molecule has 6 nitrogen and oxygen atoms in total. The van der Waals surface area contributed by atoms with E-state index in [0.717, 1.165) is 0 Å². The average Bonchev–Trinajstić information content (AvgIpc) is 3.10. The molecule has 1 aliphatic heterocycles. The van der Waals surface area contributed by atoms with Crippen LogP contribution in [0.2, 0.25) is 0 Å². The van der Waals surface area contributed by atoms with E-state index in [2.05, 4.69) is 0 Å². The van der Waals surface area contributed by atoms with Crippen molar-refractivity contribution in [1.29, 1.82) is 0 Å². The van der Waals surface area contributed by atoms with Gasteiger partial charge in [-0.15, -0.1) is 0 Å². The van der Waals surface area contributed by atoms with Gasteiger partial charge in [0.25, 0.3) is 5.91 Å². The van der Waals surface area contributed by atoms with Crippen molar-refractivity contribution >= 4 is 11.9 Å². The molecule has 0 aromatic heterocycles. The van der Waals surface area contributed by atoms with Crippen molar-refractivity contribution in [2.24, 2.45) is 0 Å². The van der Waals surface area contributed by atoms with Gasteiger partial charge in [-0.05, 0) is 36.8 Å². The van der Waals surface area contributed by atoms with E-state index in [-0.39, 0.29) is 17.6 Å². The summed E-state index contributed by atoms with van der Waals surface area (Å²) in [6.45, 7) is 2.68. The maximum atomic E-state index is 12.8. The Morgan fingerprint density at radius 3 is 2.46 bits per heavy atom. The standard InChI is InChI=1S/C20H21NO5/c1-13-15(6-5-7-16(13)20(23)24)19(22)21-11-10-14(12-21)26-18-9-4-3-8-17(18)25-2/h3-9,14H,10-12H2,1-2H3,(H,23,24)/t14-/m1/s1. The number of hydrogen-bond donors (Lipinski definition) is 1. The van der Waals surface area contributed by atoms with Crippen molar-refractivity contribution in [3.8, 4) is 11.5 Å². The molecule has 2 aromatic rings. The number of likely N-dealkylation sites (tertiary alicyclic amines) is 1. The molecule has 6 heteroatoms. The first kappa shape index (κ1) is 17.8. The first-order chi connectivity index (χ1) is 12.5. The fraction of sp³-hybridized carbons (Fsp3) is 0.300. The average molecular weight is 355 g/mol. The number of carboxylic acid groups (broad SMARTS) is 1. The smallest absolute Gasteiger partial charge is 0.335 e. The number of amides is 1. The Morgan fingerprint density at radius 2 is 1.77 bits per heavy atom. The van der Waals surface area contributed by atoms with Crippen LogP contribution in [0.1, 0.15) is 32.7 Å². The first-order valence-corrected chi connectivity index (χ1v) is 8.43. The van der Waals surface area contributed by atoms with Gasteiger partial charge in [0, 0.05) is 18.5 Å². The summed E-state index contributed by atoms with van der Waals surface area (Å²) in [6, 6.07) is 12.2. The van der Waals surface area contributed by atoms with Crippen LogP contribution in [0.4, 0.5) is 0 Å². The van der Waals surface area contributed by atoms with E-state index in [0.29, 0.717) is 42.1 Å². The SMILES string of the molecule is COc1ccccc1O[C@@H]1CCN(C(=O)c2cccc(C(=O)O)c2C)C1. The van der Waals surface area contributed by atoms with E-state index in [4.69, 9.17) is 9.47 Å². The maximum Gasteiger partial charge on any atom is 0.335 e. The van der Waals surface area contributed by atoms with Gasteiger partial charge < -0.3 is 19.5 Å². The van der Waals surface area contributed by atoms with Crippen LogP contribution in [-0.4, -0.2) is 48.2 Å². The van der Waals surface area contributed by atoms with Crippen LogP contribution in [-0.2, 0) is 0 Å². The van der Waals surface area contributed by atoms with Crippen molar-refractivity contribution in [2.75, 3.05) is 20.2 Å². The number of para-hydroxylation sites is 2. The zero-order valence-electron chi connectivity index (χ0n) is 14.8. The minimum atomic E-state index is -1.03. The summed E-state index contributed by atoms with van der Waals surface area (Å²) in [6.07, 6.45) is 0.583. The largest absolute Gasteiger partial charge is 0.493 e. The van der Waals surface area contributed by atoms with Crippen molar-refractivity contribution in [3.63, 3.8) is 0 Å². The minimum absolute atomic E-state index is 0.127. The number of aromatic carboxylic acids is 1. The van der Waals surface area contributed by atoms with Crippen LogP contribution in [0.5, 0.6) is 11.5 Å². The molecule has 1 N–H and O–H groups in total. The van der Waals surface area contributed by atoms with E-state index in [9.17, 15) is 14.7 Å². The fourth-order valence-electron chi connectivity index (χ4n) is 3.17. The lowest BCUT2D eigenvalue weighted by molar-refractivity contribution is 0.0696. The Labute approximate surface area is 152 Å². The van der Waals surface area contributed by atoms with Crippen LogP contribution in [0, 0.1) is 6.92 Å². The minimum Gasteiger partial charge on any atom is -0.493 e. The summed E-state index contributed by atoms with van der Waals surface area (Å²) in [5.74, 6) is 0.105. The number of carbonyl (C=O) groups is 2. The predicted octanol–water partition coefficient (Wildman–Crippen LogP) is 3.00. The molecule has 0 radical (unpaired) electrons. The normalized spacial score (nSPS) is 16.4. The third-order valence-electron chi connectivity index (χ3n) is 4.59. The van der Waals surface area contributed by atoms with Crippen molar-refractivity contribution < 1.29 is 24.2 Å². The Hall–Kier alpha value is -3.02. The van der Waals surface area contributed by atoms with Gasteiger partial charge in [0.2, 0.25) is 0 Å². The highest BCUT2D eigenvalue weighted by atomic mass is 16.5. The monoisotopic (exact) mass is 355 g/mol. The van der Waals surface area contributed by atoms with Gasteiger partial charge in [0.15, 0.2) is 11.5 Å². The second kappa shape index (κ2) is 7.47. The van der Waals surface area contributed by atoms with Gasteiger partial charge in [0.05, 0.1) is 19.2 Å². The maximum absolute atomic E-state index is 12.8. The van der Waals surface area contributed by atoms with E-state index in [1.54, 1.807) is 31.1 Å². The number of carbonyl (C=O) groups excluding carboxylic acids is 1. The highest BCUT2D eigenvalue weighted by Crippen LogP contribution is 2.29. The molecule has 1 aliphatic rings. The number of methoxy groups -OCH3 is 1. The lowest BCUT2D eigenvalue weighted by atomic mass is 10.0. The van der Waals surface area contributed by atoms with E-state index >= 15 is 0 Å². The third-order valence-corrected chi connectivity index (χ3v) is 4.59. The van der Waals surface area contributed by atoms with Gasteiger partial charge in [-0.2, -0.15) is 0 Å². The van der Waals surface area contributed by atoms with Crippen LogP contribution in [0.15, 0.2) is 42.5 Å². The van der Waals surface area contributed by atoms with E-state index in [1.807, 2.05) is 24.3 Å². The molecule has 2 aromatic carbocycles. The van der Waals surface area contributed by atoms with Gasteiger partial charge in [-0.25, -0.2) is 4.79 Å². The summed E-state index contributed by atoms with van der Waals surface area (Å²) in [7, 11) is 1.59. The summed E-state index contributed by atoms with van der Waals surface area (Å²) >= 11 is 0. The molecule has 1 amide bonds. The van der Waals surface area contributed by atoms with Crippen LogP contribution in [0.3, 0.4) is 0 Å². The molecule has 0 bridgehead atoms. The Bertz CT molecular complexity index is 833. The second-order valence-corrected chi connectivity index (χ2v) is 6.21. The van der Waals surface area contributed by atoms with Crippen LogP contribution >= 0.6 is 0 Å². The van der Waals surface area contributed by atoms with Crippen molar-refractivity contribution in [1.82, 2.24) is 4.90 Å². The molecule has 3 rings (SSSR count). The molecule has 1 fully saturated rings. The molecule has 0 aliphatic carbocycles. The first-order valence-electron chi connectivity index (χ1n) is 8.43. The summed E-state index contributed by atoms with van der Waals surface area (Å²) < 4.78 is 11.3. The molecule has 1 heterocycles. The number of benzene rings is 2. The summed E-state index contributed by atoms with van der Waals surface area (Å²) in [4.78, 5) is 25.8. The molecule has 1 atom stereocenters. The molecular weight excluding hydrogens is 334 g/mol. The van der Waals surface area contributed by atoms with Crippen LogP contribution in [0.25, 0.3) is 0 Å². The number of carboxylic acids is 1. The van der Waals surface area contributed by atoms with Gasteiger partial charge in [-0.1, -0.05) is 18.2 Å². The van der Waals surface area contributed by atoms with Crippen molar-refractivity contribution in [3.05, 3.63) is 59.2 Å². The summed E-state index contributed by atoms with van der Waals surface area (Å²) in [5.41, 5.74) is 1.05. The number of rotatable bonds is 5. The second-order valence-electron chi connectivity index (χ2n) is 6.21. The van der Waals surface area contributed by atoms with Gasteiger partial charge in [-0.3, -0.25) is 4.79 Å². The molecule has 0 saturated carbocycles. The molecule has 0 unspecified atom stereocenters. The molecule has 26 heavy (non-hydrogen) atoms. The Balaban J connectivity index is 1.72. The number of ether oxygens (including phenoxy) is 2. The van der Waals surface area contributed by atoms with Gasteiger partial charge in [0.1, 0.15) is 6.10 Å². The molecule has 136 valence electrons. The van der Waals surface area contributed by atoms with Crippen molar-refractivity contribution in [2.45, 2.75) is 19.4 Å². The van der Waals surface area contributed by atoms with Gasteiger partial charge >= 0.3 is 5.97 Å². The zero-order chi connectivity index (χ0) is 18.7. The van der Waals surface area contributed by atoms with Crippen LogP contribution < -0.4 is 9.47 Å². The number of nitrogens with zero attached hydrogens (tertiary/aromatic N) is 1. The Morgan fingerprint density at radius 1 is 1.08 bits per heavy atom. The lowest BCUT2D eigenvalue weighted by Crippen LogP contribution is -2.31. The Kier molecular flexibility index (Phi) is 5.11. The van der Waals surface area contributed by atoms with E-state index in [1.165, 1.54) is 6.07 Å². The topological polar surface area (TPSA) is 76.1 Å². The predicted molar refractivity (Wildman–Crippen MR) is 96.1 cm³/mol. The lowest BCUT2D eigenvalue weighted by Gasteiger charge is -2.19. The molecular formula is C20H21NO5. The third kappa shape index (κ3) is 3.49. The zero-order valence-corrected chi connectivity index (χ0v) is 14.8. The molecule has 0 spiro atoms. The molecule has 1 saturated heterocycles.